The minimum atomic E-state index is -1.17. The lowest BCUT2D eigenvalue weighted by atomic mass is 10.0. The molecule has 11 heteroatoms. The molecule has 1 aromatic rings. The van der Waals surface area contributed by atoms with Gasteiger partial charge in [-0.2, -0.15) is 11.8 Å². The fraction of sp³-hybridized carbons (Fsp3) is 0.630. The first-order chi connectivity index (χ1) is 17.9. The molecule has 10 nitrogen and oxygen atoms in total. The number of alkyl carbamates (subject to hydrolysis) is 1. The van der Waals surface area contributed by atoms with Crippen LogP contribution in [-0.4, -0.2) is 76.7 Å². The van der Waals surface area contributed by atoms with E-state index in [1.54, 1.807) is 45.9 Å². The van der Waals surface area contributed by atoms with E-state index < -0.39 is 41.6 Å². The van der Waals surface area contributed by atoms with Crippen molar-refractivity contribution in [2.45, 2.75) is 77.6 Å². The molecule has 1 aromatic carbocycles. The Morgan fingerprint density at radius 3 is 2.42 bits per heavy atom. The summed E-state index contributed by atoms with van der Waals surface area (Å²) >= 11 is 1.53. The van der Waals surface area contributed by atoms with Gasteiger partial charge in [0.1, 0.15) is 23.4 Å². The molecule has 0 aliphatic heterocycles. The number of phenols is 1. The summed E-state index contributed by atoms with van der Waals surface area (Å²) in [5, 5.41) is 16.1. The third-order valence-electron chi connectivity index (χ3n) is 5.97. The van der Waals surface area contributed by atoms with E-state index in [-0.39, 0.29) is 42.8 Å². The van der Waals surface area contributed by atoms with Crippen LogP contribution in [0.2, 0.25) is 0 Å². The van der Waals surface area contributed by atoms with Crippen molar-refractivity contribution in [1.82, 2.24) is 15.5 Å². The van der Waals surface area contributed by atoms with E-state index >= 15 is 0 Å². The Balaban J connectivity index is 2.41. The number of nitrogens with one attached hydrogen (secondary N) is 2. The summed E-state index contributed by atoms with van der Waals surface area (Å²) in [7, 11) is 0. The molecule has 0 radical (unpaired) electrons. The fourth-order valence-electron chi connectivity index (χ4n) is 4.05. The van der Waals surface area contributed by atoms with Crippen molar-refractivity contribution >= 4 is 35.6 Å². The second-order valence-electron chi connectivity index (χ2n) is 10.3. The first kappa shape index (κ1) is 31.3. The van der Waals surface area contributed by atoms with Gasteiger partial charge in [0.2, 0.25) is 11.8 Å². The summed E-state index contributed by atoms with van der Waals surface area (Å²) in [6.45, 7) is 9.12. The van der Waals surface area contributed by atoms with Crippen molar-refractivity contribution in [2.24, 2.45) is 5.92 Å². The van der Waals surface area contributed by atoms with Gasteiger partial charge in [-0.1, -0.05) is 25.1 Å². The second kappa shape index (κ2) is 14.3. The molecule has 4 atom stereocenters. The Labute approximate surface area is 229 Å². The third kappa shape index (κ3) is 9.41. The molecule has 1 saturated carbocycles. The smallest absolute Gasteiger partial charge is 0.408 e. The zero-order valence-corrected chi connectivity index (χ0v) is 23.9. The number of hydrogen-bond donors (Lipinski definition) is 3. The van der Waals surface area contributed by atoms with Gasteiger partial charge in [0.25, 0.3) is 0 Å². The van der Waals surface area contributed by atoms with Crippen LogP contribution >= 0.6 is 11.8 Å². The largest absolute Gasteiger partial charge is 0.508 e. The number of phenolic OH excluding ortho intramolecular Hbond substituents is 1. The SMILES string of the molecule is CCOC(=O)CCNC(=O)C(c1ccccc1O)N(C(=O)C(CCSC)NC(=O)OC(C)(C)C)C1CC1C. The Morgan fingerprint density at radius 2 is 1.87 bits per heavy atom. The van der Waals surface area contributed by atoms with E-state index in [2.05, 4.69) is 10.6 Å². The lowest BCUT2D eigenvalue weighted by Gasteiger charge is -2.35. The first-order valence-corrected chi connectivity index (χ1v) is 14.3. The van der Waals surface area contributed by atoms with Crippen LogP contribution in [0.4, 0.5) is 4.79 Å². The van der Waals surface area contributed by atoms with Gasteiger partial charge in [-0.15, -0.1) is 0 Å². The topological polar surface area (TPSA) is 134 Å². The van der Waals surface area contributed by atoms with Crippen LogP contribution in [0.1, 0.15) is 65.5 Å². The van der Waals surface area contributed by atoms with Crippen LogP contribution in [0, 0.1) is 5.92 Å². The number of para-hydroxylation sites is 1. The molecule has 0 spiro atoms. The molecule has 1 aliphatic rings. The zero-order chi connectivity index (χ0) is 28.5. The maximum atomic E-state index is 14.1. The predicted molar refractivity (Wildman–Crippen MR) is 146 cm³/mol. The summed E-state index contributed by atoms with van der Waals surface area (Å²) in [5.41, 5.74) is -0.492. The number of amides is 3. The number of hydrogen-bond acceptors (Lipinski definition) is 8. The average Bonchev–Trinajstić information content (AvgIpc) is 3.54. The summed E-state index contributed by atoms with van der Waals surface area (Å²) in [5.74, 6) is -0.841. The van der Waals surface area contributed by atoms with Gasteiger partial charge in [0.05, 0.1) is 13.0 Å². The number of esters is 1. The molecule has 0 heterocycles. The number of carbonyl (C=O) groups excluding carboxylic acids is 4. The zero-order valence-electron chi connectivity index (χ0n) is 23.1. The standard InChI is InChI=1S/C27H41N3O7S/c1-7-36-22(32)12-14-28-24(33)23(18-10-8-9-11-21(18)31)30(20-16-17(20)2)25(34)19(13-15-38-6)29-26(35)37-27(3,4)5/h8-11,17,19-20,23,31H,7,12-16H2,1-6H3,(H,28,33)(H,29,35). The predicted octanol–water partition coefficient (Wildman–Crippen LogP) is 3.39. The Kier molecular flexibility index (Phi) is 11.7. The lowest BCUT2D eigenvalue weighted by Crippen LogP contribution is -2.54. The normalized spacial score (nSPS) is 18.1. The van der Waals surface area contributed by atoms with Crippen molar-refractivity contribution < 1.29 is 33.8 Å². The number of carbonyl (C=O) groups is 4. The third-order valence-corrected chi connectivity index (χ3v) is 6.61. The van der Waals surface area contributed by atoms with Crippen LogP contribution in [-0.2, 0) is 23.9 Å². The number of thioether (sulfide) groups is 1. The quantitative estimate of drug-likeness (QED) is 0.318. The van der Waals surface area contributed by atoms with Crippen LogP contribution in [0.15, 0.2) is 24.3 Å². The molecule has 3 amide bonds. The van der Waals surface area contributed by atoms with Crippen LogP contribution in [0.3, 0.4) is 0 Å². The number of benzene rings is 1. The van der Waals surface area contributed by atoms with Crippen molar-refractivity contribution in [3.63, 3.8) is 0 Å². The Hall–Kier alpha value is -2.95. The fourth-order valence-corrected chi connectivity index (χ4v) is 4.52. The summed E-state index contributed by atoms with van der Waals surface area (Å²) in [6.07, 6.45) is 2.15. The van der Waals surface area contributed by atoms with Gasteiger partial charge in [-0.3, -0.25) is 14.4 Å². The molecule has 4 unspecified atom stereocenters. The molecule has 0 bridgehead atoms. The van der Waals surface area contributed by atoms with Crippen molar-refractivity contribution in [1.29, 1.82) is 0 Å². The Morgan fingerprint density at radius 1 is 1.21 bits per heavy atom. The highest BCUT2D eigenvalue weighted by Crippen LogP contribution is 2.42. The number of aromatic hydroxyl groups is 1. The number of nitrogens with zero attached hydrogens (tertiary/aromatic N) is 1. The van der Waals surface area contributed by atoms with Crippen molar-refractivity contribution in [3.8, 4) is 5.75 Å². The lowest BCUT2D eigenvalue weighted by molar-refractivity contribution is -0.145. The number of ether oxygens (including phenoxy) is 2. The second-order valence-corrected chi connectivity index (χ2v) is 11.3. The van der Waals surface area contributed by atoms with Gasteiger partial charge < -0.3 is 30.1 Å². The number of rotatable bonds is 13. The van der Waals surface area contributed by atoms with E-state index in [1.165, 1.54) is 22.7 Å². The minimum absolute atomic E-state index is 0.00999. The van der Waals surface area contributed by atoms with Gasteiger partial charge in [0.15, 0.2) is 0 Å². The molecule has 2 rings (SSSR count). The summed E-state index contributed by atoms with van der Waals surface area (Å²) < 4.78 is 10.3. The summed E-state index contributed by atoms with van der Waals surface area (Å²) in [4.78, 5) is 53.5. The van der Waals surface area contributed by atoms with E-state index in [9.17, 15) is 24.3 Å². The summed E-state index contributed by atoms with van der Waals surface area (Å²) in [6, 6.07) is 3.99. The van der Waals surface area contributed by atoms with E-state index in [0.29, 0.717) is 18.6 Å². The van der Waals surface area contributed by atoms with Gasteiger partial charge in [0, 0.05) is 18.2 Å². The maximum absolute atomic E-state index is 14.1. The highest BCUT2D eigenvalue weighted by molar-refractivity contribution is 7.98. The molecular weight excluding hydrogens is 510 g/mol. The van der Waals surface area contributed by atoms with E-state index in [1.807, 2.05) is 13.2 Å². The first-order valence-electron chi connectivity index (χ1n) is 12.9. The van der Waals surface area contributed by atoms with Crippen molar-refractivity contribution in [3.05, 3.63) is 29.8 Å². The molecular formula is C27H41N3O7S. The average molecular weight is 552 g/mol. The van der Waals surface area contributed by atoms with E-state index in [4.69, 9.17) is 9.47 Å². The minimum Gasteiger partial charge on any atom is -0.508 e. The van der Waals surface area contributed by atoms with Gasteiger partial charge >= 0.3 is 12.1 Å². The van der Waals surface area contributed by atoms with Crippen molar-refractivity contribution in [2.75, 3.05) is 25.2 Å². The molecule has 3 N–H and O–H groups in total. The molecule has 38 heavy (non-hydrogen) atoms. The van der Waals surface area contributed by atoms with Gasteiger partial charge in [-0.05, 0) is 64.5 Å². The highest BCUT2D eigenvalue weighted by atomic mass is 32.2. The highest BCUT2D eigenvalue weighted by Gasteiger charge is 2.48. The molecule has 0 saturated heterocycles. The molecule has 1 aliphatic carbocycles. The van der Waals surface area contributed by atoms with Crippen LogP contribution in [0.25, 0.3) is 0 Å². The molecule has 212 valence electrons. The van der Waals surface area contributed by atoms with Gasteiger partial charge in [-0.25, -0.2) is 4.79 Å². The monoisotopic (exact) mass is 551 g/mol. The van der Waals surface area contributed by atoms with Crippen LogP contribution in [0.5, 0.6) is 5.75 Å². The molecule has 1 fully saturated rings. The maximum Gasteiger partial charge on any atom is 0.408 e. The van der Waals surface area contributed by atoms with E-state index in [0.717, 1.165) is 0 Å². The Bertz CT molecular complexity index is 982. The van der Waals surface area contributed by atoms with Crippen LogP contribution < -0.4 is 10.6 Å². The molecule has 0 aromatic heterocycles.